The Hall–Kier alpha value is -2.57. The van der Waals surface area contributed by atoms with E-state index in [0.717, 1.165) is 16.2 Å². The van der Waals surface area contributed by atoms with E-state index >= 15 is 0 Å². The average molecular weight is 377 g/mol. The molecule has 0 radical (unpaired) electrons. The van der Waals surface area contributed by atoms with Gasteiger partial charge in [-0.1, -0.05) is 17.7 Å². The molecule has 138 valence electrons. The van der Waals surface area contributed by atoms with E-state index in [4.69, 9.17) is 16.3 Å². The van der Waals surface area contributed by atoms with Gasteiger partial charge in [0.2, 0.25) is 0 Å². The number of nitrogens with one attached hydrogen (secondary N) is 3. The van der Waals surface area contributed by atoms with Crippen molar-refractivity contribution >= 4 is 29.1 Å². The molecule has 7 heteroatoms. The summed E-state index contributed by atoms with van der Waals surface area (Å²) in [6.45, 7) is 0.856. The summed E-state index contributed by atoms with van der Waals surface area (Å²) in [5, 5.41) is 6.01. The highest BCUT2D eigenvalue weighted by Gasteiger charge is 2.14. The number of carbonyl (C=O) groups excluding carboxylic acids is 2. The van der Waals surface area contributed by atoms with Gasteiger partial charge in [-0.25, -0.2) is 0 Å². The summed E-state index contributed by atoms with van der Waals surface area (Å²) in [5.41, 5.74) is 2.02. The Bertz CT molecular complexity index is 795. The number of quaternary nitrogens is 1. The molecule has 0 bridgehead atoms. The summed E-state index contributed by atoms with van der Waals surface area (Å²) in [5.74, 6) is 0.405. The molecule has 6 nitrogen and oxygen atoms in total. The maximum absolute atomic E-state index is 12.3. The maximum atomic E-state index is 12.3. The highest BCUT2D eigenvalue weighted by molar-refractivity contribution is 6.30. The number of hydrogen-bond acceptors (Lipinski definition) is 3. The van der Waals surface area contributed by atoms with Crippen LogP contribution in [0.25, 0.3) is 0 Å². The van der Waals surface area contributed by atoms with E-state index in [1.807, 2.05) is 19.2 Å². The Labute approximate surface area is 158 Å². The molecule has 0 saturated heterocycles. The van der Waals surface area contributed by atoms with E-state index in [1.165, 1.54) is 0 Å². The zero-order valence-corrected chi connectivity index (χ0v) is 15.8. The summed E-state index contributed by atoms with van der Waals surface area (Å²) in [6, 6.07) is 12.2. The number of halogens is 1. The number of likely N-dealkylation sites (N-methyl/N-ethyl adjacent to an activating group) is 1. The normalized spacial score (nSPS) is 11.5. The van der Waals surface area contributed by atoms with Gasteiger partial charge in [-0.15, -0.1) is 0 Å². The molecule has 2 aromatic rings. The Morgan fingerprint density at radius 3 is 2.65 bits per heavy atom. The molecular formula is C19H23ClN3O3+. The fourth-order valence-electron chi connectivity index (χ4n) is 2.63. The van der Waals surface area contributed by atoms with E-state index in [1.54, 1.807) is 44.5 Å². The standard InChI is InChI=1S/C19H22ClN3O3/c1-21-19(25)13-5-4-6-16(10-13)22-18(24)12-23(2)11-14-9-15(20)7-8-17(14)26-3/h4-10H,11-12H2,1-3H3,(H,21,25)(H,22,24)/p+1. The molecule has 26 heavy (non-hydrogen) atoms. The number of ether oxygens (including phenoxy) is 1. The van der Waals surface area contributed by atoms with Gasteiger partial charge in [0, 0.05) is 28.9 Å². The average Bonchev–Trinajstić information content (AvgIpc) is 2.61. The molecule has 2 aromatic carbocycles. The van der Waals surface area contributed by atoms with Crippen molar-refractivity contribution in [2.75, 3.05) is 33.1 Å². The Morgan fingerprint density at radius 1 is 1.19 bits per heavy atom. The first kappa shape index (κ1) is 19.8. The van der Waals surface area contributed by atoms with E-state index in [0.29, 0.717) is 22.8 Å². The van der Waals surface area contributed by atoms with Crippen molar-refractivity contribution in [3.63, 3.8) is 0 Å². The summed E-state index contributed by atoms with van der Waals surface area (Å²) >= 11 is 6.05. The topological polar surface area (TPSA) is 71.9 Å². The third-order valence-corrected chi connectivity index (χ3v) is 4.07. The van der Waals surface area contributed by atoms with Crippen LogP contribution in [-0.4, -0.2) is 39.6 Å². The molecule has 3 N–H and O–H groups in total. The van der Waals surface area contributed by atoms with Crippen LogP contribution in [0, 0.1) is 0 Å². The predicted octanol–water partition coefficient (Wildman–Crippen LogP) is 1.36. The van der Waals surface area contributed by atoms with Crippen molar-refractivity contribution in [1.82, 2.24) is 5.32 Å². The van der Waals surface area contributed by atoms with Crippen LogP contribution in [-0.2, 0) is 11.3 Å². The Kier molecular flexibility index (Phi) is 7.00. The Morgan fingerprint density at radius 2 is 1.96 bits per heavy atom. The van der Waals surface area contributed by atoms with Crippen LogP contribution in [0.4, 0.5) is 5.69 Å². The molecule has 0 aromatic heterocycles. The van der Waals surface area contributed by atoms with Crippen molar-refractivity contribution in [2.45, 2.75) is 6.54 Å². The summed E-state index contributed by atoms with van der Waals surface area (Å²) in [4.78, 5) is 24.9. The van der Waals surface area contributed by atoms with Crippen molar-refractivity contribution < 1.29 is 19.2 Å². The first-order chi connectivity index (χ1) is 12.4. The molecule has 2 rings (SSSR count). The number of anilines is 1. The van der Waals surface area contributed by atoms with Crippen molar-refractivity contribution in [2.24, 2.45) is 0 Å². The van der Waals surface area contributed by atoms with Crippen LogP contribution in [0.1, 0.15) is 15.9 Å². The minimum atomic E-state index is -0.197. The lowest BCUT2D eigenvalue weighted by molar-refractivity contribution is -0.885. The molecule has 1 unspecified atom stereocenters. The molecule has 1 atom stereocenters. The van der Waals surface area contributed by atoms with Gasteiger partial charge in [0.1, 0.15) is 12.3 Å². The molecule has 0 aliphatic heterocycles. The first-order valence-corrected chi connectivity index (χ1v) is 8.56. The molecule has 2 amide bonds. The summed E-state index contributed by atoms with van der Waals surface area (Å²) in [6.07, 6.45) is 0. The molecule has 0 heterocycles. The van der Waals surface area contributed by atoms with Crippen molar-refractivity contribution in [3.8, 4) is 5.75 Å². The molecular weight excluding hydrogens is 354 g/mol. The van der Waals surface area contributed by atoms with Crippen molar-refractivity contribution in [1.29, 1.82) is 0 Å². The smallest absolute Gasteiger partial charge is 0.279 e. The number of hydrogen-bond donors (Lipinski definition) is 3. The molecule has 0 saturated carbocycles. The van der Waals surface area contributed by atoms with E-state index in [-0.39, 0.29) is 18.4 Å². The van der Waals surface area contributed by atoms with Gasteiger partial charge in [-0.3, -0.25) is 9.59 Å². The highest BCUT2D eigenvalue weighted by Crippen LogP contribution is 2.21. The monoisotopic (exact) mass is 376 g/mol. The molecule has 0 fully saturated rings. The van der Waals surface area contributed by atoms with E-state index in [2.05, 4.69) is 10.6 Å². The summed E-state index contributed by atoms with van der Waals surface area (Å²) in [7, 11) is 5.09. The third-order valence-electron chi connectivity index (χ3n) is 3.83. The lowest BCUT2D eigenvalue weighted by Gasteiger charge is -2.16. The Balaban J connectivity index is 1.97. The van der Waals surface area contributed by atoms with E-state index in [9.17, 15) is 9.59 Å². The van der Waals surface area contributed by atoms with Gasteiger partial charge in [-0.2, -0.15) is 0 Å². The zero-order chi connectivity index (χ0) is 19.1. The zero-order valence-electron chi connectivity index (χ0n) is 15.1. The summed E-state index contributed by atoms with van der Waals surface area (Å²) < 4.78 is 5.34. The van der Waals surface area contributed by atoms with Crippen LogP contribution >= 0.6 is 11.6 Å². The van der Waals surface area contributed by atoms with Gasteiger partial charge < -0.3 is 20.3 Å². The van der Waals surface area contributed by atoms with Crippen LogP contribution in [0.15, 0.2) is 42.5 Å². The second kappa shape index (κ2) is 9.22. The van der Waals surface area contributed by atoms with E-state index < -0.39 is 0 Å². The second-order valence-corrected chi connectivity index (χ2v) is 6.41. The van der Waals surface area contributed by atoms with Crippen LogP contribution in [0.5, 0.6) is 5.75 Å². The fraction of sp³-hybridized carbons (Fsp3) is 0.263. The van der Waals surface area contributed by atoms with Gasteiger partial charge in [-0.05, 0) is 36.4 Å². The van der Waals surface area contributed by atoms with Gasteiger partial charge >= 0.3 is 0 Å². The maximum Gasteiger partial charge on any atom is 0.279 e. The highest BCUT2D eigenvalue weighted by atomic mass is 35.5. The number of rotatable bonds is 7. The SMILES string of the molecule is CNC(=O)c1cccc(NC(=O)C[NH+](C)Cc2cc(Cl)ccc2OC)c1. The molecule has 0 spiro atoms. The number of benzene rings is 2. The first-order valence-electron chi connectivity index (χ1n) is 8.18. The van der Waals surface area contributed by atoms with Crippen LogP contribution in [0.2, 0.25) is 5.02 Å². The quantitative estimate of drug-likeness (QED) is 0.683. The lowest BCUT2D eigenvalue weighted by atomic mass is 10.2. The number of amides is 2. The largest absolute Gasteiger partial charge is 0.496 e. The minimum absolute atomic E-state index is 0.141. The number of carbonyl (C=O) groups is 2. The van der Waals surface area contributed by atoms with Gasteiger partial charge in [0.25, 0.3) is 11.8 Å². The minimum Gasteiger partial charge on any atom is -0.496 e. The van der Waals surface area contributed by atoms with Gasteiger partial charge in [0.05, 0.1) is 14.2 Å². The fourth-order valence-corrected chi connectivity index (χ4v) is 2.83. The van der Waals surface area contributed by atoms with Crippen LogP contribution in [0.3, 0.4) is 0 Å². The van der Waals surface area contributed by atoms with Crippen LogP contribution < -0.4 is 20.3 Å². The number of methoxy groups -OCH3 is 1. The molecule has 0 aliphatic rings. The molecule has 0 aliphatic carbocycles. The third kappa shape index (κ3) is 5.47. The second-order valence-electron chi connectivity index (χ2n) is 5.97. The van der Waals surface area contributed by atoms with Gasteiger partial charge in [0.15, 0.2) is 6.54 Å². The van der Waals surface area contributed by atoms with Crippen molar-refractivity contribution in [3.05, 3.63) is 58.6 Å². The lowest BCUT2D eigenvalue weighted by Crippen LogP contribution is -3.08. The predicted molar refractivity (Wildman–Crippen MR) is 102 cm³/mol.